The van der Waals surface area contributed by atoms with Crippen LogP contribution in [0.5, 0.6) is 0 Å². The van der Waals surface area contributed by atoms with Crippen molar-refractivity contribution < 1.29 is 19.8 Å². The molecule has 19 heavy (non-hydrogen) atoms. The van der Waals surface area contributed by atoms with Gasteiger partial charge < -0.3 is 32.7 Å². The minimum Gasteiger partial charge on any atom is -0.481 e. The van der Waals surface area contributed by atoms with Gasteiger partial charge in [-0.3, -0.25) is 14.6 Å². The van der Waals surface area contributed by atoms with Gasteiger partial charge in [-0.25, -0.2) is 0 Å². The molecule has 0 aliphatic rings. The summed E-state index contributed by atoms with van der Waals surface area (Å²) in [6, 6.07) is -1.34. The number of hydrogen-bond acceptors (Lipinski definition) is 5. The standard InChI is InChI=1S/C10H21N5O4/c11-7(9(18)19)4-6(5-15-10(12)13)14-3-1-2-8(16)17/h6-7,14H,1-5,11H2,(H,16,17)(H,18,19)(H4,12,13,15)/t6?,7-/m0/s1. The number of carbonyl (C=O) groups is 2. The molecule has 9 heteroatoms. The summed E-state index contributed by atoms with van der Waals surface area (Å²) in [6.07, 6.45) is 0.613. The molecule has 0 rings (SSSR count). The van der Waals surface area contributed by atoms with Crippen LogP contribution in [0.1, 0.15) is 19.3 Å². The summed E-state index contributed by atoms with van der Waals surface area (Å²) in [5.41, 5.74) is 15.8. The van der Waals surface area contributed by atoms with Crippen molar-refractivity contribution in [3.63, 3.8) is 0 Å². The number of aliphatic carboxylic acids is 2. The Morgan fingerprint density at radius 1 is 1.26 bits per heavy atom. The minimum absolute atomic E-state index is 0.0347. The zero-order valence-corrected chi connectivity index (χ0v) is 10.6. The van der Waals surface area contributed by atoms with Crippen LogP contribution in [0.4, 0.5) is 0 Å². The van der Waals surface area contributed by atoms with Crippen molar-refractivity contribution in [3.8, 4) is 0 Å². The third kappa shape index (κ3) is 9.80. The van der Waals surface area contributed by atoms with E-state index in [-0.39, 0.29) is 31.4 Å². The average molecular weight is 275 g/mol. The van der Waals surface area contributed by atoms with E-state index in [1.807, 2.05) is 0 Å². The number of carboxylic acid groups (broad SMARTS) is 2. The molecule has 0 aromatic heterocycles. The van der Waals surface area contributed by atoms with E-state index in [1.54, 1.807) is 0 Å². The molecule has 0 heterocycles. The number of nitrogens with zero attached hydrogens (tertiary/aromatic N) is 1. The van der Waals surface area contributed by atoms with Gasteiger partial charge in [0.15, 0.2) is 5.96 Å². The lowest BCUT2D eigenvalue weighted by atomic mass is 10.1. The lowest BCUT2D eigenvalue weighted by Crippen LogP contribution is -2.42. The van der Waals surface area contributed by atoms with Crippen LogP contribution in [0.25, 0.3) is 0 Å². The Kier molecular flexibility index (Phi) is 8.22. The molecule has 0 aromatic rings. The molecular weight excluding hydrogens is 254 g/mol. The molecule has 0 spiro atoms. The Balaban J connectivity index is 4.21. The predicted octanol–water partition coefficient (Wildman–Crippen LogP) is -2.12. The van der Waals surface area contributed by atoms with Crippen molar-refractivity contribution in [1.29, 1.82) is 0 Å². The van der Waals surface area contributed by atoms with Crippen LogP contribution in [-0.4, -0.2) is 53.3 Å². The first-order valence-electron chi connectivity index (χ1n) is 5.82. The molecule has 0 aliphatic heterocycles. The van der Waals surface area contributed by atoms with E-state index in [9.17, 15) is 9.59 Å². The maximum Gasteiger partial charge on any atom is 0.320 e. The highest BCUT2D eigenvalue weighted by Crippen LogP contribution is 1.99. The van der Waals surface area contributed by atoms with Crippen molar-refractivity contribution in [1.82, 2.24) is 5.32 Å². The van der Waals surface area contributed by atoms with Crippen molar-refractivity contribution in [2.45, 2.75) is 31.3 Å². The van der Waals surface area contributed by atoms with Gasteiger partial charge in [-0.15, -0.1) is 0 Å². The van der Waals surface area contributed by atoms with Crippen LogP contribution in [0, 0.1) is 0 Å². The van der Waals surface area contributed by atoms with Crippen LogP contribution in [0.2, 0.25) is 0 Å². The maximum absolute atomic E-state index is 10.7. The van der Waals surface area contributed by atoms with Crippen molar-refractivity contribution in [2.24, 2.45) is 22.2 Å². The summed E-state index contributed by atoms with van der Waals surface area (Å²) in [4.78, 5) is 24.8. The average Bonchev–Trinajstić information content (AvgIpc) is 2.30. The second-order valence-electron chi connectivity index (χ2n) is 4.09. The number of carboxylic acids is 2. The molecule has 9 nitrogen and oxygen atoms in total. The van der Waals surface area contributed by atoms with E-state index in [0.717, 1.165) is 0 Å². The second-order valence-corrected chi connectivity index (χ2v) is 4.09. The lowest BCUT2D eigenvalue weighted by molar-refractivity contribution is -0.139. The number of nitrogens with two attached hydrogens (primary N) is 3. The summed E-state index contributed by atoms with van der Waals surface area (Å²) >= 11 is 0. The first-order chi connectivity index (χ1) is 8.82. The van der Waals surface area contributed by atoms with E-state index in [1.165, 1.54) is 0 Å². The van der Waals surface area contributed by atoms with Gasteiger partial charge in [0.2, 0.25) is 0 Å². The molecule has 2 atom stereocenters. The quantitative estimate of drug-likeness (QED) is 0.149. The van der Waals surface area contributed by atoms with E-state index < -0.39 is 18.0 Å². The predicted molar refractivity (Wildman–Crippen MR) is 69.6 cm³/mol. The fraction of sp³-hybridized carbons (Fsp3) is 0.700. The van der Waals surface area contributed by atoms with Crippen LogP contribution in [0.3, 0.4) is 0 Å². The van der Waals surface area contributed by atoms with E-state index in [4.69, 9.17) is 27.4 Å². The fourth-order valence-electron chi connectivity index (χ4n) is 1.39. The molecule has 0 saturated carbocycles. The summed E-state index contributed by atoms with van der Waals surface area (Å²) < 4.78 is 0. The van der Waals surface area contributed by atoms with Gasteiger partial charge in [0.25, 0.3) is 0 Å². The number of guanidine groups is 1. The van der Waals surface area contributed by atoms with Crippen molar-refractivity contribution in [2.75, 3.05) is 13.1 Å². The molecule has 0 amide bonds. The Bertz CT molecular complexity index is 330. The number of hydrogen-bond donors (Lipinski definition) is 6. The van der Waals surface area contributed by atoms with Crippen molar-refractivity contribution in [3.05, 3.63) is 0 Å². The first-order valence-corrected chi connectivity index (χ1v) is 5.82. The Morgan fingerprint density at radius 2 is 1.89 bits per heavy atom. The summed E-state index contributed by atoms with van der Waals surface area (Å²) in [5.74, 6) is -2.09. The molecule has 0 saturated heterocycles. The van der Waals surface area contributed by atoms with Crippen LogP contribution in [-0.2, 0) is 9.59 Å². The minimum atomic E-state index is -1.11. The molecule has 0 aromatic carbocycles. The number of nitrogens with one attached hydrogen (secondary N) is 1. The third-order valence-corrected chi connectivity index (χ3v) is 2.35. The summed E-state index contributed by atoms with van der Waals surface area (Å²) in [7, 11) is 0. The van der Waals surface area contributed by atoms with E-state index in [2.05, 4.69) is 10.3 Å². The third-order valence-electron chi connectivity index (χ3n) is 2.35. The first kappa shape index (κ1) is 17.1. The van der Waals surface area contributed by atoms with Gasteiger partial charge >= 0.3 is 11.9 Å². The van der Waals surface area contributed by atoms with Crippen LogP contribution >= 0.6 is 0 Å². The maximum atomic E-state index is 10.7. The number of rotatable bonds is 10. The Labute approximate surface area is 110 Å². The highest BCUT2D eigenvalue weighted by Gasteiger charge is 2.18. The van der Waals surface area contributed by atoms with Gasteiger partial charge in [-0.2, -0.15) is 0 Å². The van der Waals surface area contributed by atoms with Gasteiger partial charge in [-0.1, -0.05) is 0 Å². The second kappa shape index (κ2) is 9.11. The SMILES string of the molecule is NC(N)=NCC(C[C@H](N)C(=O)O)NCCCC(=O)O. The molecule has 110 valence electrons. The molecule has 0 bridgehead atoms. The fourth-order valence-corrected chi connectivity index (χ4v) is 1.39. The summed E-state index contributed by atoms with van der Waals surface area (Å²) in [6.45, 7) is 0.611. The highest BCUT2D eigenvalue weighted by atomic mass is 16.4. The Morgan fingerprint density at radius 3 is 2.37 bits per heavy atom. The highest BCUT2D eigenvalue weighted by molar-refractivity contribution is 5.75. The normalized spacial score (nSPS) is 13.5. The van der Waals surface area contributed by atoms with Gasteiger partial charge in [0, 0.05) is 12.5 Å². The van der Waals surface area contributed by atoms with Crippen molar-refractivity contribution >= 4 is 17.9 Å². The van der Waals surface area contributed by atoms with E-state index >= 15 is 0 Å². The van der Waals surface area contributed by atoms with Crippen LogP contribution < -0.4 is 22.5 Å². The summed E-state index contributed by atoms with van der Waals surface area (Å²) in [5, 5.41) is 20.2. The van der Waals surface area contributed by atoms with Gasteiger partial charge in [0.1, 0.15) is 6.04 Å². The van der Waals surface area contributed by atoms with Gasteiger partial charge in [0.05, 0.1) is 6.54 Å². The molecule has 1 unspecified atom stereocenters. The van der Waals surface area contributed by atoms with Gasteiger partial charge in [-0.05, 0) is 19.4 Å². The van der Waals surface area contributed by atoms with E-state index in [0.29, 0.717) is 13.0 Å². The number of aliphatic imine (C=N–C) groups is 1. The molecule has 9 N–H and O–H groups in total. The molecule has 0 radical (unpaired) electrons. The monoisotopic (exact) mass is 275 g/mol. The molecular formula is C10H21N5O4. The lowest BCUT2D eigenvalue weighted by Gasteiger charge is -2.18. The topological polar surface area (TPSA) is 177 Å². The zero-order valence-electron chi connectivity index (χ0n) is 10.6. The zero-order chi connectivity index (χ0) is 14.8. The smallest absolute Gasteiger partial charge is 0.320 e. The molecule has 0 fully saturated rings. The molecule has 0 aliphatic carbocycles. The Hall–Kier alpha value is -1.87. The largest absolute Gasteiger partial charge is 0.481 e. The van der Waals surface area contributed by atoms with Crippen LogP contribution in [0.15, 0.2) is 4.99 Å².